The third kappa shape index (κ3) is 2.04. The van der Waals surface area contributed by atoms with Crippen molar-refractivity contribution in [3.05, 3.63) is 30.2 Å². The fourth-order valence-electron chi connectivity index (χ4n) is 3.79. The Bertz CT molecular complexity index is 564. The summed E-state index contributed by atoms with van der Waals surface area (Å²) in [6.07, 6.45) is 8.86. The van der Waals surface area contributed by atoms with Gasteiger partial charge in [-0.3, -0.25) is 9.58 Å². The second-order valence-electron chi connectivity index (χ2n) is 5.90. The molecule has 2 aromatic heterocycles. The second-order valence-corrected chi connectivity index (χ2v) is 5.90. The van der Waals surface area contributed by atoms with Crippen molar-refractivity contribution in [2.75, 3.05) is 0 Å². The first-order valence-corrected chi connectivity index (χ1v) is 7.33. The minimum Gasteiger partial charge on any atom is -0.340 e. The summed E-state index contributed by atoms with van der Waals surface area (Å²) in [7, 11) is 0. The molecule has 2 bridgehead atoms. The molecule has 2 atom stereocenters. The molecule has 0 aliphatic carbocycles. The highest BCUT2D eigenvalue weighted by Gasteiger charge is 2.41. The van der Waals surface area contributed by atoms with Gasteiger partial charge < -0.3 is 4.52 Å². The molecule has 6 nitrogen and oxygen atoms in total. The molecule has 2 aliphatic rings. The highest BCUT2D eigenvalue weighted by molar-refractivity contribution is 4.99. The maximum absolute atomic E-state index is 5.08. The quantitative estimate of drug-likeness (QED) is 0.855. The molecule has 2 saturated heterocycles. The zero-order valence-electron chi connectivity index (χ0n) is 11.6. The van der Waals surface area contributed by atoms with Gasteiger partial charge in [-0.15, -0.1) is 0 Å². The van der Waals surface area contributed by atoms with Gasteiger partial charge in [0.1, 0.15) is 0 Å². The first kappa shape index (κ1) is 12.1. The van der Waals surface area contributed by atoms with Gasteiger partial charge in [0, 0.05) is 31.4 Å². The van der Waals surface area contributed by atoms with E-state index < -0.39 is 0 Å². The predicted molar refractivity (Wildman–Crippen MR) is 71.9 cm³/mol. The van der Waals surface area contributed by atoms with Crippen molar-refractivity contribution in [3.63, 3.8) is 0 Å². The number of aromatic nitrogens is 4. The van der Waals surface area contributed by atoms with Crippen molar-refractivity contribution in [1.82, 2.24) is 24.8 Å². The van der Waals surface area contributed by atoms with Crippen LogP contribution in [0, 0.1) is 6.92 Å². The molecule has 20 heavy (non-hydrogen) atoms. The van der Waals surface area contributed by atoms with Crippen LogP contribution in [0.2, 0.25) is 0 Å². The van der Waals surface area contributed by atoms with Crippen LogP contribution in [0.3, 0.4) is 0 Å². The van der Waals surface area contributed by atoms with Gasteiger partial charge in [0.05, 0.1) is 12.6 Å². The Morgan fingerprint density at radius 1 is 1.25 bits per heavy atom. The molecule has 0 radical (unpaired) electrons. The summed E-state index contributed by atoms with van der Waals surface area (Å²) in [6, 6.07) is 3.81. The molecule has 0 aromatic carbocycles. The van der Waals surface area contributed by atoms with Crippen molar-refractivity contribution in [3.8, 4) is 0 Å². The molecular formula is C14H19N5O. The van der Waals surface area contributed by atoms with Crippen molar-refractivity contribution in [2.24, 2.45) is 0 Å². The lowest BCUT2D eigenvalue weighted by Crippen LogP contribution is -2.43. The van der Waals surface area contributed by atoms with E-state index in [0.717, 1.165) is 12.4 Å². The number of hydrogen-bond acceptors (Lipinski definition) is 5. The maximum Gasteiger partial charge on any atom is 0.223 e. The Kier molecular flexibility index (Phi) is 2.84. The van der Waals surface area contributed by atoms with Gasteiger partial charge in [-0.05, 0) is 31.7 Å². The first-order chi connectivity index (χ1) is 9.79. The second kappa shape index (κ2) is 4.70. The molecule has 4 rings (SSSR count). The smallest absolute Gasteiger partial charge is 0.223 e. The van der Waals surface area contributed by atoms with E-state index in [0.29, 0.717) is 24.0 Å². The van der Waals surface area contributed by atoms with E-state index in [-0.39, 0.29) is 0 Å². The van der Waals surface area contributed by atoms with Crippen LogP contribution in [-0.4, -0.2) is 36.9 Å². The van der Waals surface area contributed by atoms with E-state index in [2.05, 4.69) is 31.0 Å². The molecule has 0 amide bonds. The Morgan fingerprint density at radius 2 is 2.05 bits per heavy atom. The molecule has 2 unspecified atom stereocenters. The molecule has 2 aliphatic heterocycles. The molecule has 106 valence electrons. The topological polar surface area (TPSA) is 60.0 Å². The molecule has 2 aromatic rings. The average molecular weight is 273 g/mol. The van der Waals surface area contributed by atoms with E-state index in [4.69, 9.17) is 4.52 Å². The van der Waals surface area contributed by atoms with Gasteiger partial charge in [-0.2, -0.15) is 10.1 Å². The highest BCUT2D eigenvalue weighted by atomic mass is 16.5. The first-order valence-electron chi connectivity index (χ1n) is 7.33. The van der Waals surface area contributed by atoms with Crippen LogP contribution in [0.1, 0.15) is 43.4 Å². The summed E-state index contributed by atoms with van der Waals surface area (Å²) in [4.78, 5) is 6.89. The van der Waals surface area contributed by atoms with Crippen LogP contribution < -0.4 is 0 Å². The summed E-state index contributed by atoms with van der Waals surface area (Å²) < 4.78 is 7.20. The minimum atomic E-state index is 0.547. The number of nitrogens with zero attached hydrogens (tertiary/aromatic N) is 5. The number of aryl methyl sites for hydroxylation is 1. The zero-order chi connectivity index (χ0) is 13.5. The summed E-state index contributed by atoms with van der Waals surface area (Å²) >= 11 is 0. The van der Waals surface area contributed by atoms with E-state index in [9.17, 15) is 0 Å². The number of rotatable bonds is 3. The average Bonchev–Trinajstić information content (AvgIpc) is 3.13. The van der Waals surface area contributed by atoms with E-state index in [1.807, 2.05) is 19.2 Å². The molecule has 0 spiro atoms. The minimum absolute atomic E-state index is 0.547. The zero-order valence-corrected chi connectivity index (χ0v) is 11.6. The summed E-state index contributed by atoms with van der Waals surface area (Å²) in [5, 5.41) is 8.44. The SMILES string of the molecule is Cc1nc(CN2C3CCC2CC(n2cccn2)C3)no1. The third-order valence-corrected chi connectivity index (χ3v) is 4.65. The molecule has 0 N–H and O–H groups in total. The van der Waals surface area contributed by atoms with Gasteiger partial charge in [0.15, 0.2) is 5.82 Å². The van der Waals surface area contributed by atoms with Gasteiger partial charge in [-0.1, -0.05) is 5.16 Å². The molecule has 4 heterocycles. The van der Waals surface area contributed by atoms with Crippen LogP contribution in [0.4, 0.5) is 0 Å². The molecule has 6 heteroatoms. The predicted octanol–water partition coefficient (Wildman–Crippen LogP) is 1.94. The van der Waals surface area contributed by atoms with Crippen LogP contribution in [-0.2, 0) is 6.54 Å². The van der Waals surface area contributed by atoms with E-state index >= 15 is 0 Å². The molecular weight excluding hydrogens is 254 g/mol. The molecule has 2 fully saturated rings. The lowest BCUT2D eigenvalue weighted by atomic mass is 9.97. The normalized spacial score (nSPS) is 29.9. The van der Waals surface area contributed by atoms with Gasteiger partial charge in [0.25, 0.3) is 0 Å². The summed E-state index contributed by atoms with van der Waals surface area (Å²) in [6.45, 7) is 2.66. The lowest BCUT2D eigenvalue weighted by Gasteiger charge is -2.38. The Balaban J connectivity index is 1.49. The summed E-state index contributed by atoms with van der Waals surface area (Å²) in [5.74, 6) is 1.47. The standard InChI is InChI=1S/C14H19N5O/c1-10-16-14(17-20-10)9-18-11-3-4-12(18)8-13(7-11)19-6-2-5-15-19/h2,5-6,11-13H,3-4,7-9H2,1H3. The Labute approximate surface area is 117 Å². The number of hydrogen-bond donors (Lipinski definition) is 0. The lowest BCUT2D eigenvalue weighted by molar-refractivity contribution is 0.0916. The largest absolute Gasteiger partial charge is 0.340 e. The van der Waals surface area contributed by atoms with E-state index in [1.54, 1.807) is 0 Å². The maximum atomic E-state index is 5.08. The number of piperidine rings is 1. The van der Waals surface area contributed by atoms with Crippen molar-refractivity contribution in [1.29, 1.82) is 0 Å². The monoisotopic (exact) mass is 273 g/mol. The van der Waals surface area contributed by atoms with Crippen LogP contribution in [0.5, 0.6) is 0 Å². The van der Waals surface area contributed by atoms with Gasteiger partial charge in [0.2, 0.25) is 5.89 Å². The molecule has 0 saturated carbocycles. The summed E-state index contributed by atoms with van der Waals surface area (Å²) in [5.41, 5.74) is 0. The van der Waals surface area contributed by atoms with Crippen molar-refractivity contribution >= 4 is 0 Å². The highest BCUT2D eigenvalue weighted by Crippen LogP contribution is 2.41. The fraction of sp³-hybridized carbons (Fsp3) is 0.643. The van der Waals surface area contributed by atoms with Crippen LogP contribution >= 0.6 is 0 Å². The Hall–Kier alpha value is -1.69. The van der Waals surface area contributed by atoms with Gasteiger partial charge >= 0.3 is 0 Å². The van der Waals surface area contributed by atoms with Crippen LogP contribution in [0.15, 0.2) is 23.0 Å². The Morgan fingerprint density at radius 3 is 2.65 bits per heavy atom. The van der Waals surface area contributed by atoms with Crippen molar-refractivity contribution < 1.29 is 4.52 Å². The number of fused-ring (bicyclic) bond motifs is 2. The third-order valence-electron chi connectivity index (χ3n) is 4.65. The fourth-order valence-corrected chi connectivity index (χ4v) is 3.79. The van der Waals surface area contributed by atoms with Crippen molar-refractivity contribution in [2.45, 2.75) is 57.3 Å². The van der Waals surface area contributed by atoms with Crippen LogP contribution in [0.25, 0.3) is 0 Å². The van der Waals surface area contributed by atoms with E-state index in [1.165, 1.54) is 25.7 Å². The van der Waals surface area contributed by atoms with Gasteiger partial charge in [-0.25, -0.2) is 0 Å².